The molecule has 0 saturated heterocycles. The van der Waals surface area contributed by atoms with E-state index in [1.165, 1.54) is 16.7 Å². The molecule has 82 valence electrons. The van der Waals surface area contributed by atoms with Crippen molar-refractivity contribution >= 4 is 5.78 Å². The predicted octanol–water partition coefficient (Wildman–Crippen LogP) is 2.80. The highest BCUT2D eigenvalue weighted by molar-refractivity contribution is 5.75. The van der Waals surface area contributed by atoms with Crippen LogP contribution in [0.25, 0.3) is 0 Å². The highest BCUT2D eigenvalue weighted by Gasteiger charge is 1.99. The fourth-order valence-corrected chi connectivity index (χ4v) is 1.41. The van der Waals surface area contributed by atoms with Gasteiger partial charge in [-0.15, -0.1) is 0 Å². The minimum atomic E-state index is 0.177. The molecule has 0 amide bonds. The molecule has 0 N–H and O–H groups in total. The van der Waals surface area contributed by atoms with Crippen LogP contribution in [0.3, 0.4) is 0 Å². The van der Waals surface area contributed by atoms with Gasteiger partial charge in [-0.05, 0) is 31.9 Å². The fourth-order valence-electron chi connectivity index (χ4n) is 1.41. The van der Waals surface area contributed by atoms with Crippen LogP contribution in [0.5, 0.6) is 0 Å². The van der Waals surface area contributed by atoms with Crippen molar-refractivity contribution in [2.75, 3.05) is 6.61 Å². The second-order valence-corrected chi connectivity index (χ2v) is 3.93. The molecule has 0 aliphatic heterocycles. The topological polar surface area (TPSA) is 26.3 Å². The van der Waals surface area contributed by atoms with E-state index in [1.807, 2.05) is 0 Å². The molecule has 0 atom stereocenters. The maximum absolute atomic E-state index is 10.7. The van der Waals surface area contributed by atoms with Crippen molar-refractivity contribution in [1.29, 1.82) is 0 Å². The molecule has 0 aliphatic carbocycles. The normalized spacial score (nSPS) is 10.3. The fraction of sp³-hybridized carbons (Fsp3) is 0.462. The van der Waals surface area contributed by atoms with Gasteiger partial charge in [0.05, 0.1) is 13.2 Å². The molecule has 0 bridgehead atoms. The van der Waals surface area contributed by atoms with E-state index in [4.69, 9.17) is 4.74 Å². The van der Waals surface area contributed by atoms with Gasteiger partial charge in [0.2, 0.25) is 0 Å². The lowest BCUT2D eigenvalue weighted by atomic mass is 10.1. The molecule has 1 aromatic carbocycles. The van der Waals surface area contributed by atoms with Gasteiger partial charge in [0.1, 0.15) is 5.78 Å². The quantitative estimate of drug-likeness (QED) is 0.692. The number of hydrogen-bond acceptors (Lipinski definition) is 2. The van der Waals surface area contributed by atoms with Crippen LogP contribution < -0.4 is 0 Å². The maximum Gasteiger partial charge on any atom is 0.132 e. The lowest BCUT2D eigenvalue weighted by Gasteiger charge is -2.07. The van der Waals surface area contributed by atoms with E-state index in [0.717, 1.165) is 0 Å². The molecule has 1 rings (SSSR count). The smallest absolute Gasteiger partial charge is 0.132 e. The summed E-state index contributed by atoms with van der Waals surface area (Å²) in [5.74, 6) is 0.177. The molecule has 2 nitrogen and oxygen atoms in total. The first kappa shape index (κ1) is 11.9. The van der Waals surface area contributed by atoms with Crippen LogP contribution in [0.1, 0.15) is 30.0 Å². The van der Waals surface area contributed by atoms with Gasteiger partial charge in [0.25, 0.3) is 0 Å². The zero-order valence-electron chi connectivity index (χ0n) is 9.67. The molecule has 0 unspecified atom stereocenters. The number of carbonyl (C=O) groups excluding carboxylic acids is 1. The van der Waals surface area contributed by atoms with Gasteiger partial charge in [-0.2, -0.15) is 0 Å². The second kappa shape index (κ2) is 5.66. The third-order valence-electron chi connectivity index (χ3n) is 2.35. The Labute approximate surface area is 91.3 Å². The van der Waals surface area contributed by atoms with Crippen molar-refractivity contribution in [3.8, 4) is 0 Å². The predicted molar refractivity (Wildman–Crippen MR) is 60.9 cm³/mol. The van der Waals surface area contributed by atoms with Gasteiger partial charge in [-0.1, -0.05) is 23.8 Å². The van der Waals surface area contributed by atoms with Crippen molar-refractivity contribution in [1.82, 2.24) is 0 Å². The van der Waals surface area contributed by atoms with Crippen molar-refractivity contribution < 1.29 is 9.53 Å². The Bertz CT molecular complexity index is 342. The summed E-state index contributed by atoms with van der Waals surface area (Å²) in [5, 5.41) is 0. The first-order valence-corrected chi connectivity index (χ1v) is 5.23. The Kier molecular flexibility index (Phi) is 4.50. The molecule has 2 heteroatoms. The molecule has 0 spiro atoms. The number of ether oxygens (including phenoxy) is 1. The van der Waals surface area contributed by atoms with Crippen LogP contribution in [0.4, 0.5) is 0 Å². The third-order valence-corrected chi connectivity index (χ3v) is 2.35. The van der Waals surface area contributed by atoms with E-state index >= 15 is 0 Å². The summed E-state index contributed by atoms with van der Waals surface area (Å²) in [7, 11) is 0. The minimum Gasteiger partial charge on any atom is -0.376 e. The van der Waals surface area contributed by atoms with E-state index in [-0.39, 0.29) is 5.78 Å². The molecule has 0 saturated carbocycles. The molecule has 0 aliphatic rings. The van der Waals surface area contributed by atoms with Gasteiger partial charge in [-0.25, -0.2) is 0 Å². The molecule has 0 radical (unpaired) electrons. The summed E-state index contributed by atoms with van der Waals surface area (Å²) in [6.45, 7) is 6.85. The van der Waals surface area contributed by atoms with Gasteiger partial charge in [0, 0.05) is 6.42 Å². The van der Waals surface area contributed by atoms with Gasteiger partial charge < -0.3 is 4.74 Å². The van der Waals surface area contributed by atoms with Gasteiger partial charge in [0.15, 0.2) is 0 Å². The molecule has 1 aromatic rings. The van der Waals surface area contributed by atoms with Gasteiger partial charge >= 0.3 is 0 Å². The SMILES string of the molecule is CC(=O)CCOCc1ccc(C)cc1C. The minimum absolute atomic E-state index is 0.177. The molecule has 0 heterocycles. The second-order valence-electron chi connectivity index (χ2n) is 3.93. The zero-order valence-corrected chi connectivity index (χ0v) is 9.67. The highest BCUT2D eigenvalue weighted by atomic mass is 16.5. The van der Waals surface area contributed by atoms with E-state index in [2.05, 4.69) is 32.0 Å². The van der Waals surface area contributed by atoms with Crippen molar-refractivity contribution in [3.05, 3.63) is 34.9 Å². The largest absolute Gasteiger partial charge is 0.376 e. The summed E-state index contributed by atoms with van der Waals surface area (Å²) in [5.41, 5.74) is 3.71. The average molecular weight is 206 g/mol. The lowest BCUT2D eigenvalue weighted by Crippen LogP contribution is -2.01. The number of Topliss-reactive ketones (excluding diaryl/α,β-unsaturated/α-hetero) is 1. The Morgan fingerprint density at radius 2 is 2.07 bits per heavy atom. The highest BCUT2D eigenvalue weighted by Crippen LogP contribution is 2.11. The van der Waals surface area contributed by atoms with Crippen LogP contribution in [0.2, 0.25) is 0 Å². The van der Waals surface area contributed by atoms with Crippen LogP contribution in [-0.4, -0.2) is 12.4 Å². The standard InChI is InChI=1S/C13H18O2/c1-10-4-5-13(11(2)8-10)9-15-7-6-12(3)14/h4-5,8H,6-7,9H2,1-3H3. The lowest BCUT2D eigenvalue weighted by molar-refractivity contribution is -0.118. The molecular formula is C13H18O2. The van der Waals surface area contributed by atoms with Crippen molar-refractivity contribution in [2.24, 2.45) is 0 Å². The van der Waals surface area contributed by atoms with E-state index in [9.17, 15) is 4.79 Å². The molecule has 15 heavy (non-hydrogen) atoms. The van der Waals surface area contributed by atoms with Gasteiger partial charge in [-0.3, -0.25) is 4.79 Å². The number of hydrogen-bond donors (Lipinski definition) is 0. The maximum atomic E-state index is 10.7. The third kappa shape index (κ3) is 4.26. The molecule has 0 aromatic heterocycles. The number of rotatable bonds is 5. The number of carbonyl (C=O) groups is 1. The van der Waals surface area contributed by atoms with Crippen molar-refractivity contribution in [2.45, 2.75) is 33.8 Å². The first-order valence-electron chi connectivity index (χ1n) is 5.23. The van der Waals surface area contributed by atoms with Crippen LogP contribution in [0, 0.1) is 13.8 Å². The summed E-state index contributed by atoms with van der Waals surface area (Å²) >= 11 is 0. The molecule has 0 fully saturated rings. The summed E-state index contributed by atoms with van der Waals surface area (Å²) in [4.78, 5) is 10.7. The van der Waals surface area contributed by atoms with Crippen LogP contribution in [-0.2, 0) is 16.1 Å². The first-order chi connectivity index (χ1) is 7.09. The Hall–Kier alpha value is -1.15. The number of benzene rings is 1. The Balaban J connectivity index is 2.40. The Morgan fingerprint density at radius 3 is 2.67 bits per heavy atom. The zero-order chi connectivity index (χ0) is 11.3. The monoisotopic (exact) mass is 206 g/mol. The van der Waals surface area contributed by atoms with E-state index in [1.54, 1.807) is 6.92 Å². The van der Waals surface area contributed by atoms with E-state index in [0.29, 0.717) is 19.6 Å². The number of aryl methyl sites for hydroxylation is 2. The average Bonchev–Trinajstić information content (AvgIpc) is 2.14. The Morgan fingerprint density at radius 1 is 1.33 bits per heavy atom. The summed E-state index contributed by atoms with van der Waals surface area (Å²) in [6.07, 6.45) is 0.505. The van der Waals surface area contributed by atoms with Crippen molar-refractivity contribution in [3.63, 3.8) is 0 Å². The number of ketones is 1. The summed E-state index contributed by atoms with van der Waals surface area (Å²) < 4.78 is 5.43. The van der Waals surface area contributed by atoms with E-state index < -0.39 is 0 Å². The molecular weight excluding hydrogens is 188 g/mol. The van der Waals surface area contributed by atoms with Crippen LogP contribution in [0.15, 0.2) is 18.2 Å². The summed E-state index contributed by atoms with van der Waals surface area (Å²) in [6, 6.07) is 6.30. The van der Waals surface area contributed by atoms with Crippen LogP contribution >= 0.6 is 0 Å².